The van der Waals surface area contributed by atoms with E-state index in [1.165, 1.54) is 18.0 Å². The van der Waals surface area contributed by atoms with Crippen LogP contribution in [0.5, 0.6) is 5.75 Å². The molecule has 0 saturated heterocycles. The molecule has 29 heavy (non-hydrogen) atoms. The molecular weight excluding hydrogens is 392 g/mol. The monoisotopic (exact) mass is 410 g/mol. The van der Waals surface area contributed by atoms with Crippen LogP contribution in [0.2, 0.25) is 5.02 Å². The highest BCUT2D eigenvalue weighted by molar-refractivity contribution is 6.32. The number of nitrogens with zero attached hydrogens (tertiary/aromatic N) is 2. The lowest BCUT2D eigenvalue weighted by Gasteiger charge is -2.09. The molecule has 0 radical (unpaired) electrons. The first-order valence-corrected chi connectivity index (χ1v) is 9.45. The van der Waals surface area contributed by atoms with Gasteiger partial charge in [-0.2, -0.15) is 0 Å². The summed E-state index contributed by atoms with van der Waals surface area (Å²) in [5, 5.41) is 4.09. The Labute approximate surface area is 171 Å². The van der Waals surface area contributed by atoms with Crippen LogP contribution in [0, 0.1) is 6.92 Å². The SMILES string of the molecule is COc1ccc(NC(=O)CCn2cnc3c([nH]c4ccc(C)cc43)c2=O)cc1Cl. The van der Waals surface area contributed by atoms with E-state index < -0.39 is 0 Å². The highest BCUT2D eigenvalue weighted by atomic mass is 35.5. The molecule has 0 unspecified atom stereocenters. The first-order chi connectivity index (χ1) is 14.0. The number of fused-ring (bicyclic) bond motifs is 3. The first kappa shape index (κ1) is 19.0. The average molecular weight is 411 g/mol. The molecule has 4 aromatic rings. The lowest BCUT2D eigenvalue weighted by atomic mass is 10.2. The Hall–Kier alpha value is -3.32. The number of benzene rings is 2. The van der Waals surface area contributed by atoms with Gasteiger partial charge in [0, 0.05) is 29.6 Å². The number of hydrogen-bond donors (Lipinski definition) is 2. The number of carbonyl (C=O) groups is 1. The number of carbonyl (C=O) groups excluding carboxylic acids is 1. The third-order valence-electron chi connectivity index (χ3n) is 4.74. The molecule has 0 aliphatic carbocycles. The molecule has 0 fully saturated rings. The number of H-pyrrole nitrogens is 1. The maximum atomic E-state index is 12.8. The van der Waals surface area contributed by atoms with E-state index in [0.29, 0.717) is 27.5 Å². The van der Waals surface area contributed by atoms with Crippen LogP contribution in [0.3, 0.4) is 0 Å². The predicted molar refractivity (Wildman–Crippen MR) is 114 cm³/mol. The molecule has 2 aromatic heterocycles. The van der Waals surface area contributed by atoms with Gasteiger partial charge in [-0.1, -0.05) is 23.2 Å². The van der Waals surface area contributed by atoms with Crippen molar-refractivity contribution in [2.75, 3.05) is 12.4 Å². The standard InChI is InChI=1S/C21H19ClN4O3/c1-12-3-5-16-14(9-12)19-20(25-16)21(28)26(11-23-19)8-7-18(27)24-13-4-6-17(29-2)15(22)10-13/h3-6,9-11,25H,7-8H2,1-2H3,(H,24,27). The molecule has 148 valence electrons. The second-order valence-corrected chi connectivity index (χ2v) is 7.20. The molecule has 0 aliphatic heterocycles. The molecule has 7 nitrogen and oxygen atoms in total. The number of aryl methyl sites for hydroxylation is 2. The molecule has 2 aromatic carbocycles. The van der Waals surface area contributed by atoms with Crippen molar-refractivity contribution in [1.29, 1.82) is 0 Å². The van der Waals surface area contributed by atoms with Crippen LogP contribution in [0.1, 0.15) is 12.0 Å². The van der Waals surface area contributed by atoms with Crippen molar-refractivity contribution in [3.63, 3.8) is 0 Å². The van der Waals surface area contributed by atoms with Crippen LogP contribution in [-0.4, -0.2) is 27.6 Å². The van der Waals surface area contributed by atoms with Crippen LogP contribution in [0.15, 0.2) is 47.5 Å². The molecule has 0 saturated carbocycles. The quantitative estimate of drug-likeness (QED) is 0.522. The van der Waals surface area contributed by atoms with Gasteiger partial charge in [0.15, 0.2) is 0 Å². The number of amides is 1. The zero-order valence-electron chi connectivity index (χ0n) is 16.0. The molecule has 4 rings (SSSR count). The summed E-state index contributed by atoms with van der Waals surface area (Å²) in [7, 11) is 1.52. The van der Waals surface area contributed by atoms with Crippen molar-refractivity contribution in [1.82, 2.24) is 14.5 Å². The summed E-state index contributed by atoms with van der Waals surface area (Å²) in [6, 6.07) is 10.9. The van der Waals surface area contributed by atoms with Crippen molar-refractivity contribution in [2.45, 2.75) is 19.9 Å². The fourth-order valence-electron chi connectivity index (χ4n) is 3.25. The van der Waals surface area contributed by atoms with Gasteiger partial charge in [0.05, 0.1) is 18.5 Å². The van der Waals surface area contributed by atoms with Crippen LogP contribution in [0.25, 0.3) is 21.9 Å². The summed E-state index contributed by atoms with van der Waals surface area (Å²) in [5.74, 6) is 0.301. The van der Waals surface area contributed by atoms with Gasteiger partial charge in [0.25, 0.3) is 5.56 Å². The molecular formula is C21H19ClN4O3. The van der Waals surface area contributed by atoms with Gasteiger partial charge in [0.2, 0.25) is 5.91 Å². The van der Waals surface area contributed by atoms with Crippen LogP contribution in [0.4, 0.5) is 5.69 Å². The number of halogens is 1. The van der Waals surface area contributed by atoms with Crippen molar-refractivity contribution in [3.8, 4) is 5.75 Å². The minimum Gasteiger partial charge on any atom is -0.495 e. The summed E-state index contributed by atoms with van der Waals surface area (Å²) in [6.45, 7) is 2.21. The Kier molecular flexibility index (Phi) is 4.98. The third-order valence-corrected chi connectivity index (χ3v) is 5.04. The Morgan fingerprint density at radius 2 is 2.10 bits per heavy atom. The number of ether oxygens (including phenoxy) is 1. The summed E-state index contributed by atoms with van der Waals surface area (Å²) >= 11 is 6.07. The Bertz CT molecular complexity index is 1290. The van der Waals surface area contributed by atoms with E-state index in [2.05, 4.69) is 15.3 Å². The maximum absolute atomic E-state index is 12.8. The molecule has 0 aliphatic rings. The van der Waals surface area contributed by atoms with Gasteiger partial charge in [0.1, 0.15) is 16.8 Å². The first-order valence-electron chi connectivity index (χ1n) is 9.07. The van der Waals surface area contributed by atoms with Gasteiger partial charge in [-0.3, -0.25) is 14.2 Å². The summed E-state index contributed by atoms with van der Waals surface area (Å²) in [4.78, 5) is 32.6. The number of rotatable bonds is 5. The topological polar surface area (TPSA) is 89.0 Å². The number of aromatic amines is 1. The van der Waals surface area contributed by atoms with Gasteiger partial charge < -0.3 is 15.0 Å². The minimum atomic E-state index is -0.231. The maximum Gasteiger partial charge on any atom is 0.277 e. The molecule has 0 spiro atoms. The van der Waals surface area contributed by atoms with Crippen LogP contribution < -0.4 is 15.6 Å². The van der Waals surface area contributed by atoms with Crippen LogP contribution in [-0.2, 0) is 11.3 Å². The number of aromatic nitrogens is 3. The second-order valence-electron chi connectivity index (χ2n) is 6.79. The normalized spacial score (nSPS) is 11.1. The zero-order valence-corrected chi connectivity index (χ0v) is 16.7. The molecule has 1 amide bonds. The van der Waals surface area contributed by atoms with E-state index in [4.69, 9.17) is 16.3 Å². The highest BCUT2D eigenvalue weighted by Crippen LogP contribution is 2.27. The van der Waals surface area contributed by atoms with Crippen LogP contribution >= 0.6 is 11.6 Å². The summed E-state index contributed by atoms with van der Waals surface area (Å²) in [6.07, 6.45) is 1.61. The van der Waals surface area contributed by atoms with E-state index in [0.717, 1.165) is 16.5 Å². The molecule has 8 heteroatoms. The fraction of sp³-hybridized carbons (Fsp3) is 0.190. The Morgan fingerprint density at radius 3 is 2.86 bits per heavy atom. The van der Waals surface area contributed by atoms with E-state index in [9.17, 15) is 9.59 Å². The number of nitrogens with one attached hydrogen (secondary N) is 2. The number of hydrogen-bond acceptors (Lipinski definition) is 4. The zero-order chi connectivity index (χ0) is 20.5. The fourth-order valence-corrected chi connectivity index (χ4v) is 3.51. The van der Waals surface area contributed by atoms with Crippen molar-refractivity contribution >= 4 is 45.1 Å². The van der Waals surface area contributed by atoms with E-state index in [1.807, 2.05) is 25.1 Å². The van der Waals surface area contributed by atoms with Crippen molar-refractivity contribution in [3.05, 3.63) is 63.7 Å². The second kappa shape index (κ2) is 7.60. The lowest BCUT2D eigenvalue weighted by molar-refractivity contribution is -0.116. The van der Waals surface area contributed by atoms with Gasteiger partial charge in [-0.05, 0) is 37.3 Å². The van der Waals surface area contributed by atoms with E-state index in [1.54, 1.807) is 18.2 Å². The molecule has 0 bridgehead atoms. The molecule has 2 N–H and O–H groups in total. The smallest absolute Gasteiger partial charge is 0.277 e. The van der Waals surface area contributed by atoms with E-state index >= 15 is 0 Å². The summed E-state index contributed by atoms with van der Waals surface area (Å²) < 4.78 is 6.53. The van der Waals surface area contributed by atoms with Crippen molar-refractivity contribution in [2.24, 2.45) is 0 Å². The summed E-state index contributed by atoms with van der Waals surface area (Å²) in [5.41, 5.74) is 3.40. The molecule has 2 heterocycles. The third kappa shape index (κ3) is 3.69. The number of anilines is 1. The van der Waals surface area contributed by atoms with Gasteiger partial charge in [-0.15, -0.1) is 0 Å². The largest absolute Gasteiger partial charge is 0.495 e. The molecule has 0 atom stereocenters. The minimum absolute atomic E-state index is 0.121. The predicted octanol–water partition coefficient (Wildman–Crippen LogP) is 3.88. The van der Waals surface area contributed by atoms with Gasteiger partial charge in [-0.25, -0.2) is 4.98 Å². The van der Waals surface area contributed by atoms with Crippen molar-refractivity contribution < 1.29 is 9.53 Å². The van der Waals surface area contributed by atoms with Gasteiger partial charge >= 0.3 is 0 Å². The van der Waals surface area contributed by atoms with E-state index in [-0.39, 0.29) is 24.4 Å². The Balaban J connectivity index is 1.51. The Morgan fingerprint density at radius 1 is 1.28 bits per heavy atom. The lowest BCUT2D eigenvalue weighted by Crippen LogP contribution is -2.23. The number of methoxy groups -OCH3 is 1. The average Bonchev–Trinajstić information content (AvgIpc) is 3.06. The highest BCUT2D eigenvalue weighted by Gasteiger charge is 2.12.